The molecular weight excluding hydrogens is 235 g/mol. The molecule has 1 N–H and O–H groups in total. The summed E-state index contributed by atoms with van der Waals surface area (Å²) in [5, 5.41) is 2.91. The summed E-state index contributed by atoms with van der Waals surface area (Å²) < 4.78 is 24.9. The van der Waals surface area contributed by atoms with Crippen molar-refractivity contribution in [2.24, 2.45) is 0 Å². The lowest BCUT2D eigenvalue weighted by molar-refractivity contribution is -0.0127. The smallest absolute Gasteiger partial charge is 0.250 e. The van der Waals surface area contributed by atoms with Gasteiger partial charge in [0.1, 0.15) is 6.61 Å². The van der Waals surface area contributed by atoms with Crippen LogP contribution in [0.15, 0.2) is 12.3 Å². The highest BCUT2D eigenvalue weighted by Gasteiger charge is 2.16. The van der Waals surface area contributed by atoms with Crippen molar-refractivity contribution in [2.75, 3.05) is 20.3 Å². The van der Waals surface area contributed by atoms with E-state index >= 15 is 0 Å². The van der Waals surface area contributed by atoms with Gasteiger partial charge in [-0.25, -0.2) is 9.37 Å². The Hall–Kier alpha value is -1.20. The number of pyridine rings is 1. The summed E-state index contributed by atoms with van der Waals surface area (Å²) in [6.45, 7) is 1.60. The van der Waals surface area contributed by atoms with Crippen LogP contribution in [0.2, 0.25) is 0 Å². The minimum Gasteiger partial charge on any atom is -0.473 e. The molecule has 0 bridgehead atoms. The molecule has 1 fully saturated rings. The van der Waals surface area contributed by atoms with Crippen LogP contribution in [0.5, 0.6) is 5.88 Å². The third-order valence-corrected chi connectivity index (χ3v) is 2.98. The molecule has 1 aromatic heterocycles. The van der Waals surface area contributed by atoms with E-state index in [1.807, 2.05) is 0 Å². The van der Waals surface area contributed by atoms with Gasteiger partial charge in [0.15, 0.2) is 5.82 Å². The van der Waals surface area contributed by atoms with Gasteiger partial charge in [-0.3, -0.25) is 0 Å². The normalized spacial score (nSPS) is 19.8. The van der Waals surface area contributed by atoms with Crippen molar-refractivity contribution in [1.29, 1.82) is 0 Å². The van der Waals surface area contributed by atoms with Crippen molar-refractivity contribution in [1.82, 2.24) is 10.3 Å². The van der Waals surface area contributed by atoms with Gasteiger partial charge in [-0.2, -0.15) is 0 Å². The highest BCUT2D eigenvalue weighted by Crippen LogP contribution is 2.19. The summed E-state index contributed by atoms with van der Waals surface area (Å²) in [6.07, 6.45) is 4.84. The van der Waals surface area contributed by atoms with Crippen molar-refractivity contribution < 1.29 is 13.9 Å². The monoisotopic (exact) mass is 254 g/mol. The Bertz CT molecular complexity index is 381. The van der Waals surface area contributed by atoms with Crippen LogP contribution in [0.3, 0.4) is 0 Å². The van der Waals surface area contributed by atoms with E-state index in [1.54, 1.807) is 19.3 Å². The van der Waals surface area contributed by atoms with Crippen LogP contribution in [-0.4, -0.2) is 31.3 Å². The fraction of sp³-hybridized carbons (Fsp3) is 0.615. The third-order valence-electron chi connectivity index (χ3n) is 2.98. The average molecular weight is 254 g/mol. The maximum atomic E-state index is 13.9. The molecule has 4 nitrogen and oxygen atoms in total. The number of halogens is 1. The molecule has 0 aromatic carbocycles. The molecule has 100 valence electrons. The molecule has 0 radical (unpaired) electrons. The summed E-state index contributed by atoms with van der Waals surface area (Å²) in [6, 6.07) is 1.65. The van der Waals surface area contributed by atoms with E-state index in [0.717, 1.165) is 25.9 Å². The van der Waals surface area contributed by atoms with Gasteiger partial charge in [-0.05, 0) is 32.4 Å². The van der Waals surface area contributed by atoms with Crippen LogP contribution in [0.4, 0.5) is 4.39 Å². The van der Waals surface area contributed by atoms with Crippen LogP contribution in [0.25, 0.3) is 0 Å². The minimum atomic E-state index is -0.386. The molecule has 0 spiro atoms. The van der Waals surface area contributed by atoms with Gasteiger partial charge < -0.3 is 14.8 Å². The van der Waals surface area contributed by atoms with E-state index < -0.39 is 0 Å². The standard InChI is InChI=1S/C13H19FN2O2/c1-15-8-10-5-6-16-13(12(10)14)18-9-11-4-2-3-7-17-11/h5-6,11,15H,2-4,7-9H2,1H3. The topological polar surface area (TPSA) is 43.4 Å². The van der Waals surface area contributed by atoms with Crippen molar-refractivity contribution in [3.8, 4) is 5.88 Å². The summed E-state index contributed by atoms with van der Waals surface area (Å²) in [5.74, 6) is -0.320. The second-order valence-corrected chi connectivity index (χ2v) is 4.42. The number of ether oxygens (including phenoxy) is 2. The van der Waals surface area contributed by atoms with E-state index in [1.165, 1.54) is 0 Å². The molecule has 0 amide bonds. The summed E-state index contributed by atoms with van der Waals surface area (Å²) in [5.41, 5.74) is 0.562. The lowest BCUT2D eigenvalue weighted by Gasteiger charge is -2.22. The first-order valence-electron chi connectivity index (χ1n) is 6.33. The Morgan fingerprint density at radius 1 is 1.56 bits per heavy atom. The molecule has 5 heteroatoms. The van der Waals surface area contributed by atoms with Gasteiger partial charge in [0.05, 0.1) is 6.10 Å². The molecule has 2 rings (SSSR count). The van der Waals surface area contributed by atoms with E-state index in [9.17, 15) is 4.39 Å². The predicted octanol–water partition coefficient (Wildman–Crippen LogP) is 1.89. The van der Waals surface area contributed by atoms with Crippen molar-refractivity contribution >= 4 is 0 Å². The molecular formula is C13H19FN2O2. The summed E-state index contributed by atoms with van der Waals surface area (Å²) in [4.78, 5) is 3.93. The molecule has 1 aliphatic heterocycles. The van der Waals surface area contributed by atoms with Crippen molar-refractivity contribution in [3.05, 3.63) is 23.6 Å². The van der Waals surface area contributed by atoms with Gasteiger partial charge in [0, 0.05) is 24.9 Å². The second kappa shape index (κ2) is 6.66. The van der Waals surface area contributed by atoms with E-state index in [4.69, 9.17) is 9.47 Å². The largest absolute Gasteiger partial charge is 0.473 e. The van der Waals surface area contributed by atoms with E-state index in [-0.39, 0.29) is 17.8 Å². The Kier molecular flexibility index (Phi) is 4.90. The zero-order valence-corrected chi connectivity index (χ0v) is 10.6. The summed E-state index contributed by atoms with van der Waals surface area (Å²) >= 11 is 0. The maximum Gasteiger partial charge on any atom is 0.250 e. The average Bonchev–Trinajstić information content (AvgIpc) is 2.41. The van der Waals surface area contributed by atoms with E-state index in [0.29, 0.717) is 18.7 Å². The predicted molar refractivity (Wildman–Crippen MR) is 66.0 cm³/mol. The highest BCUT2D eigenvalue weighted by atomic mass is 19.1. The minimum absolute atomic E-state index is 0.0629. The van der Waals surface area contributed by atoms with Crippen molar-refractivity contribution in [2.45, 2.75) is 31.9 Å². The number of aromatic nitrogens is 1. The molecule has 2 heterocycles. The third kappa shape index (κ3) is 3.40. The second-order valence-electron chi connectivity index (χ2n) is 4.42. The first-order chi connectivity index (χ1) is 8.81. The number of nitrogens with one attached hydrogen (secondary N) is 1. The SMILES string of the molecule is CNCc1ccnc(OCC2CCCCO2)c1F. The fourth-order valence-electron chi connectivity index (χ4n) is 2.00. The van der Waals surface area contributed by atoms with Crippen molar-refractivity contribution in [3.63, 3.8) is 0 Å². The lowest BCUT2D eigenvalue weighted by atomic mass is 10.1. The molecule has 1 unspecified atom stereocenters. The number of rotatable bonds is 5. The van der Waals surface area contributed by atoms with E-state index in [2.05, 4.69) is 10.3 Å². The lowest BCUT2D eigenvalue weighted by Crippen LogP contribution is -2.26. The number of nitrogens with zero attached hydrogens (tertiary/aromatic N) is 1. The molecule has 1 atom stereocenters. The molecule has 1 saturated heterocycles. The van der Waals surface area contributed by atoms with Gasteiger partial charge >= 0.3 is 0 Å². The molecule has 0 saturated carbocycles. The van der Waals surface area contributed by atoms with Gasteiger partial charge in [-0.1, -0.05) is 0 Å². The Balaban J connectivity index is 1.93. The molecule has 18 heavy (non-hydrogen) atoms. The van der Waals surface area contributed by atoms with Crippen LogP contribution in [-0.2, 0) is 11.3 Å². The van der Waals surface area contributed by atoms with Crippen LogP contribution in [0.1, 0.15) is 24.8 Å². The molecule has 0 aliphatic carbocycles. The zero-order valence-electron chi connectivity index (χ0n) is 10.6. The van der Waals surface area contributed by atoms with Crippen LogP contribution >= 0.6 is 0 Å². The van der Waals surface area contributed by atoms with Crippen LogP contribution in [0, 0.1) is 5.82 Å². The first kappa shape index (κ1) is 13.2. The Labute approximate surface area is 107 Å². The number of hydrogen-bond acceptors (Lipinski definition) is 4. The van der Waals surface area contributed by atoms with Crippen LogP contribution < -0.4 is 10.1 Å². The fourth-order valence-corrected chi connectivity index (χ4v) is 2.00. The Morgan fingerprint density at radius 2 is 2.44 bits per heavy atom. The molecule has 1 aliphatic rings. The maximum absolute atomic E-state index is 13.9. The Morgan fingerprint density at radius 3 is 3.17 bits per heavy atom. The first-order valence-corrected chi connectivity index (χ1v) is 6.33. The quantitative estimate of drug-likeness (QED) is 0.871. The van der Waals surface area contributed by atoms with Gasteiger partial charge in [0.25, 0.3) is 5.88 Å². The molecule has 1 aromatic rings. The summed E-state index contributed by atoms with van der Waals surface area (Å²) in [7, 11) is 1.77. The zero-order chi connectivity index (χ0) is 12.8. The van der Waals surface area contributed by atoms with Gasteiger partial charge in [-0.15, -0.1) is 0 Å². The number of hydrogen-bond donors (Lipinski definition) is 1. The van der Waals surface area contributed by atoms with Gasteiger partial charge in [0.2, 0.25) is 0 Å². The highest BCUT2D eigenvalue weighted by molar-refractivity contribution is 5.23.